The van der Waals surface area contributed by atoms with E-state index in [2.05, 4.69) is 15.5 Å². The summed E-state index contributed by atoms with van der Waals surface area (Å²) in [4.78, 5) is 11.3. The third kappa shape index (κ3) is 2.27. The van der Waals surface area contributed by atoms with Gasteiger partial charge in [0.05, 0.1) is 11.7 Å². The van der Waals surface area contributed by atoms with Crippen molar-refractivity contribution in [1.29, 1.82) is 0 Å². The van der Waals surface area contributed by atoms with Crippen LogP contribution in [0, 0.1) is 0 Å². The monoisotopic (exact) mass is 223 g/mol. The molecule has 0 saturated heterocycles. The van der Waals surface area contributed by atoms with Crippen molar-refractivity contribution in [3.63, 3.8) is 0 Å². The number of H-pyrrole nitrogens is 1. The minimum Gasteiger partial charge on any atom is -0.326 e. The lowest BCUT2D eigenvalue weighted by Crippen LogP contribution is -2.11. The second-order valence-electron chi connectivity index (χ2n) is 3.16. The Bertz CT molecular complexity index is 480. The molecule has 0 spiro atoms. The molecule has 1 amide bonds. The number of benzene rings is 1. The zero-order valence-electron chi connectivity index (χ0n) is 7.96. The highest BCUT2D eigenvalue weighted by molar-refractivity contribution is 6.19. The van der Waals surface area contributed by atoms with Gasteiger partial charge in [-0.25, -0.2) is 0 Å². The molecule has 0 aliphatic carbocycles. The number of hydrogen-bond acceptors (Lipinski definition) is 2. The third-order valence-corrected chi connectivity index (χ3v) is 2.24. The summed E-state index contributed by atoms with van der Waals surface area (Å²) in [6.07, 6.45) is 2.06. The summed E-state index contributed by atoms with van der Waals surface area (Å²) in [7, 11) is 0. The Morgan fingerprint density at radius 1 is 1.53 bits per heavy atom. The zero-order valence-corrected chi connectivity index (χ0v) is 8.71. The van der Waals surface area contributed by atoms with Gasteiger partial charge >= 0.3 is 0 Å². The summed E-state index contributed by atoms with van der Waals surface area (Å²) < 4.78 is 0. The molecular formula is C10H10ClN3O. The minimum absolute atomic E-state index is 0.0798. The summed E-state index contributed by atoms with van der Waals surface area (Å²) in [6, 6.07) is 5.58. The van der Waals surface area contributed by atoms with Gasteiger partial charge < -0.3 is 5.32 Å². The normalized spacial score (nSPS) is 10.5. The van der Waals surface area contributed by atoms with Crippen molar-refractivity contribution in [2.24, 2.45) is 0 Å². The highest BCUT2D eigenvalue weighted by Gasteiger charge is 2.02. The molecule has 1 aromatic heterocycles. The van der Waals surface area contributed by atoms with Gasteiger partial charge in [-0.2, -0.15) is 5.10 Å². The number of aromatic nitrogens is 2. The second-order valence-corrected chi connectivity index (χ2v) is 3.54. The van der Waals surface area contributed by atoms with Crippen LogP contribution in [-0.2, 0) is 4.79 Å². The Labute approximate surface area is 91.6 Å². The zero-order chi connectivity index (χ0) is 10.7. The van der Waals surface area contributed by atoms with Crippen LogP contribution in [0.2, 0.25) is 0 Å². The van der Waals surface area contributed by atoms with E-state index >= 15 is 0 Å². The fraction of sp³-hybridized carbons (Fsp3) is 0.200. The van der Waals surface area contributed by atoms with Gasteiger partial charge in [0.25, 0.3) is 0 Å². The SMILES string of the molecule is O=C(CCCl)Nc1ccc2cn[nH]c2c1. The van der Waals surface area contributed by atoms with Crippen LogP contribution in [0.15, 0.2) is 24.4 Å². The van der Waals surface area contributed by atoms with Gasteiger partial charge in [0.15, 0.2) is 0 Å². The lowest BCUT2D eigenvalue weighted by Gasteiger charge is -2.03. The first-order valence-electron chi connectivity index (χ1n) is 4.58. The Morgan fingerprint density at radius 3 is 3.20 bits per heavy atom. The molecule has 4 nitrogen and oxygen atoms in total. The van der Waals surface area contributed by atoms with Crippen LogP contribution in [0.3, 0.4) is 0 Å². The number of halogens is 1. The van der Waals surface area contributed by atoms with Crippen molar-refractivity contribution in [2.75, 3.05) is 11.2 Å². The van der Waals surface area contributed by atoms with Crippen molar-refractivity contribution in [3.05, 3.63) is 24.4 Å². The summed E-state index contributed by atoms with van der Waals surface area (Å²) in [5, 5.41) is 10.5. The van der Waals surface area contributed by atoms with E-state index in [0.29, 0.717) is 12.3 Å². The quantitative estimate of drug-likeness (QED) is 0.784. The molecule has 1 aromatic carbocycles. The van der Waals surface area contributed by atoms with E-state index in [1.165, 1.54) is 0 Å². The average molecular weight is 224 g/mol. The smallest absolute Gasteiger partial charge is 0.225 e. The number of carbonyl (C=O) groups is 1. The van der Waals surface area contributed by atoms with Crippen molar-refractivity contribution in [2.45, 2.75) is 6.42 Å². The van der Waals surface area contributed by atoms with Crippen LogP contribution in [0.5, 0.6) is 0 Å². The maximum atomic E-state index is 11.3. The number of nitrogens with one attached hydrogen (secondary N) is 2. The lowest BCUT2D eigenvalue weighted by atomic mass is 10.2. The summed E-state index contributed by atoms with van der Waals surface area (Å²) in [6.45, 7) is 0. The molecule has 0 bridgehead atoms. The number of anilines is 1. The predicted molar refractivity (Wildman–Crippen MR) is 60.1 cm³/mol. The van der Waals surface area contributed by atoms with E-state index in [1.807, 2.05) is 18.2 Å². The lowest BCUT2D eigenvalue weighted by molar-refractivity contribution is -0.115. The summed E-state index contributed by atoms with van der Waals surface area (Å²) in [5.41, 5.74) is 1.65. The molecule has 0 aliphatic rings. The highest BCUT2D eigenvalue weighted by atomic mass is 35.5. The van der Waals surface area contributed by atoms with Crippen LogP contribution >= 0.6 is 11.6 Å². The average Bonchev–Trinajstić information content (AvgIpc) is 2.65. The molecular weight excluding hydrogens is 214 g/mol. The molecule has 2 aromatic rings. The van der Waals surface area contributed by atoms with Crippen molar-refractivity contribution in [3.8, 4) is 0 Å². The first-order chi connectivity index (χ1) is 7.29. The Balaban J connectivity index is 2.17. The molecule has 0 unspecified atom stereocenters. The van der Waals surface area contributed by atoms with Crippen LogP contribution in [-0.4, -0.2) is 22.0 Å². The maximum absolute atomic E-state index is 11.3. The van der Waals surface area contributed by atoms with Gasteiger partial charge in [-0.05, 0) is 18.2 Å². The van der Waals surface area contributed by atoms with E-state index in [4.69, 9.17) is 11.6 Å². The predicted octanol–water partition coefficient (Wildman–Crippen LogP) is 2.13. The summed E-state index contributed by atoms with van der Waals surface area (Å²) in [5.74, 6) is 0.252. The van der Waals surface area contributed by atoms with Gasteiger partial charge in [-0.15, -0.1) is 11.6 Å². The number of carbonyl (C=O) groups excluding carboxylic acids is 1. The van der Waals surface area contributed by atoms with Gasteiger partial charge in [0.1, 0.15) is 0 Å². The number of aromatic amines is 1. The molecule has 0 saturated carbocycles. The fourth-order valence-electron chi connectivity index (χ4n) is 1.32. The standard InChI is InChI=1S/C10H10ClN3O/c11-4-3-10(15)13-8-2-1-7-6-12-14-9(7)5-8/h1-2,5-6H,3-4H2,(H,12,14)(H,13,15). The van der Waals surface area contributed by atoms with Crippen LogP contribution in [0.4, 0.5) is 5.69 Å². The topological polar surface area (TPSA) is 57.8 Å². The van der Waals surface area contributed by atoms with Gasteiger partial charge in [0, 0.05) is 23.4 Å². The van der Waals surface area contributed by atoms with Crippen LogP contribution in [0.25, 0.3) is 10.9 Å². The molecule has 2 N–H and O–H groups in total. The second kappa shape index (κ2) is 4.31. The van der Waals surface area contributed by atoms with Gasteiger partial charge in [-0.1, -0.05) is 0 Å². The fourth-order valence-corrected chi connectivity index (χ4v) is 1.50. The van der Waals surface area contributed by atoms with Gasteiger partial charge in [-0.3, -0.25) is 9.89 Å². The van der Waals surface area contributed by atoms with Crippen molar-refractivity contribution in [1.82, 2.24) is 10.2 Å². The van der Waals surface area contributed by atoms with E-state index in [0.717, 1.165) is 16.6 Å². The number of fused-ring (bicyclic) bond motifs is 1. The van der Waals surface area contributed by atoms with E-state index in [9.17, 15) is 4.79 Å². The Kier molecular flexibility index (Phi) is 2.87. The number of hydrogen-bond donors (Lipinski definition) is 2. The molecule has 1 heterocycles. The van der Waals surface area contributed by atoms with Crippen molar-refractivity contribution < 1.29 is 4.79 Å². The van der Waals surface area contributed by atoms with Crippen LogP contribution in [0.1, 0.15) is 6.42 Å². The van der Waals surface area contributed by atoms with E-state index in [-0.39, 0.29) is 5.91 Å². The molecule has 2 rings (SSSR count). The molecule has 0 atom stereocenters. The number of amides is 1. The first kappa shape index (κ1) is 9.98. The van der Waals surface area contributed by atoms with E-state index in [1.54, 1.807) is 6.20 Å². The van der Waals surface area contributed by atoms with Crippen molar-refractivity contribution >= 4 is 34.1 Å². The number of alkyl halides is 1. The molecule has 0 radical (unpaired) electrons. The van der Waals surface area contributed by atoms with E-state index < -0.39 is 0 Å². The van der Waals surface area contributed by atoms with Gasteiger partial charge in [0.2, 0.25) is 5.91 Å². The maximum Gasteiger partial charge on any atom is 0.225 e. The Hall–Kier alpha value is -1.55. The Morgan fingerprint density at radius 2 is 2.40 bits per heavy atom. The number of rotatable bonds is 3. The molecule has 0 fully saturated rings. The highest BCUT2D eigenvalue weighted by Crippen LogP contribution is 2.16. The molecule has 0 aliphatic heterocycles. The summed E-state index contributed by atoms with van der Waals surface area (Å²) >= 11 is 5.46. The molecule has 5 heteroatoms. The molecule has 78 valence electrons. The minimum atomic E-state index is -0.0798. The first-order valence-corrected chi connectivity index (χ1v) is 5.12. The molecule has 15 heavy (non-hydrogen) atoms. The largest absolute Gasteiger partial charge is 0.326 e. The van der Waals surface area contributed by atoms with Crippen LogP contribution < -0.4 is 5.32 Å². The number of nitrogens with zero attached hydrogens (tertiary/aromatic N) is 1. The third-order valence-electron chi connectivity index (χ3n) is 2.05.